The Bertz CT molecular complexity index is 94.2. The Morgan fingerprint density at radius 2 is 2.11 bits per heavy atom. The van der Waals surface area contributed by atoms with Gasteiger partial charge in [-0.05, 0) is 6.42 Å². The molecule has 0 radical (unpaired) electrons. The van der Waals surface area contributed by atoms with Gasteiger partial charge in [-0.25, -0.2) is 0 Å². The van der Waals surface area contributed by atoms with Gasteiger partial charge in [0.2, 0.25) is 5.91 Å². The van der Waals surface area contributed by atoms with Crippen molar-refractivity contribution in [3.05, 3.63) is 0 Å². The van der Waals surface area contributed by atoms with E-state index in [1.807, 2.05) is 7.05 Å². The summed E-state index contributed by atoms with van der Waals surface area (Å²) in [6.07, 6.45) is 1.81. The van der Waals surface area contributed by atoms with Gasteiger partial charge in [0.15, 0.2) is 0 Å². The molecule has 0 unspecified atom stereocenters. The van der Waals surface area contributed by atoms with Crippen LogP contribution in [0.25, 0.3) is 0 Å². The minimum absolute atomic E-state index is 0.292. The molecule has 0 aliphatic carbocycles. The number of amides is 1. The highest BCUT2D eigenvalue weighted by Crippen LogP contribution is 2.04. The van der Waals surface area contributed by atoms with Crippen molar-refractivity contribution in [3.63, 3.8) is 0 Å². The zero-order chi connectivity index (χ0) is 7.28. The van der Waals surface area contributed by atoms with E-state index in [4.69, 9.17) is 0 Å². The molecule has 1 rings (SSSR count). The van der Waals surface area contributed by atoms with E-state index < -0.39 is 0 Å². The third-order valence-electron chi connectivity index (χ3n) is 1.31. The molecular formula is C5H13N3O. The molecule has 0 aromatic rings. The fourth-order valence-corrected chi connectivity index (χ4v) is 0.783. The van der Waals surface area contributed by atoms with Crippen LogP contribution in [-0.2, 0) is 4.79 Å². The molecule has 0 spiro atoms. The first-order valence-corrected chi connectivity index (χ1v) is 2.88. The predicted octanol–water partition coefficient (Wildman–Crippen LogP) is -0.943. The van der Waals surface area contributed by atoms with Crippen LogP contribution >= 0.6 is 0 Å². The fraction of sp³-hybridized carbons (Fsp3) is 0.800. The molecule has 9 heavy (non-hydrogen) atoms. The van der Waals surface area contributed by atoms with Crippen molar-refractivity contribution < 1.29 is 4.79 Å². The number of carbonyl (C=O) groups is 1. The molecule has 0 bridgehead atoms. The van der Waals surface area contributed by atoms with Gasteiger partial charge in [0.1, 0.15) is 0 Å². The van der Waals surface area contributed by atoms with Crippen LogP contribution in [0.5, 0.6) is 0 Å². The summed E-state index contributed by atoms with van der Waals surface area (Å²) in [5.74, 6) is 8.29. The first-order valence-electron chi connectivity index (χ1n) is 2.88. The molecule has 1 aliphatic rings. The van der Waals surface area contributed by atoms with Crippen molar-refractivity contribution in [1.29, 1.82) is 0 Å². The molecule has 54 valence electrons. The van der Waals surface area contributed by atoms with Crippen LogP contribution in [0.4, 0.5) is 0 Å². The number of carbonyl (C=O) groups excluding carboxylic acids is 1. The minimum Gasteiger partial charge on any atom is -0.346 e. The van der Waals surface area contributed by atoms with Crippen molar-refractivity contribution in [2.24, 2.45) is 11.7 Å². The monoisotopic (exact) mass is 131 g/mol. The molecule has 1 amide bonds. The second-order valence-corrected chi connectivity index (χ2v) is 1.92. The zero-order valence-corrected chi connectivity index (χ0v) is 5.63. The molecule has 1 aliphatic heterocycles. The van der Waals surface area contributed by atoms with Crippen molar-refractivity contribution in [1.82, 2.24) is 4.90 Å². The summed E-state index contributed by atoms with van der Waals surface area (Å²) in [6.45, 7) is 0.957. The van der Waals surface area contributed by atoms with E-state index in [0.29, 0.717) is 5.91 Å². The number of hydrazine groups is 1. The molecular weight excluding hydrogens is 118 g/mol. The standard InChI is InChI=1S/C5H9NO.H4N2/c1-6-4-2-3-5(6)7;1-2/h2-4H2,1H3;1-2H2. The Morgan fingerprint density at radius 3 is 2.22 bits per heavy atom. The van der Waals surface area contributed by atoms with E-state index in [9.17, 15) is 4.79 Å². The quantitative estimate of drug-likeness (QED) is 0.329. The van der Waals surface area contributed by atoms with Crippen LogP contribution < -0.4 is 11.7 Å². The first kappa shape index (κ1) is 8.39. The third kappa shape index (κ3) is 2.43. The second-order valence-electron chi connectivity index (χ2n) is 1.92. The maximum absolute atomic E-state index is 10.5. The van der Waals surface area contributed by atoms with Gasteiger partial charge in [-0.15, -0.1) is 0 Å². The maximum atomic E-state index is 10.5. The van der Waals surface area contributed by atoms with Crippen LogP contribution in [-0.4, -0.2) is 24.4 Å². The number of nitrogens with zero attached hydrogens (tertiary/aromatic N) is 1. The van der Waals surface area contributed by atoms with Gasteiger partial charge >= 0.3 is 0 Å². The Kier molecular flexibility index (Phi) is 4.00. The molecule has 4 nitrogen and oxygen atoms in total. The van der Waals surface area contributed by atoms with Gasteiger partial charge in [-0.2, -0.15) is 0 Å². The SMILES string of the molecule is CN1CCCC1=O.NN. The van der Waals surface area contributed by atoms with Crippen molar-refractivity contribution >= 4 is 5.91 Å². The largest absolute Gasteiger partial charge is 0.346 e. The number of hydrogen-bond donors (Lipinski definition) is 2. The van der Waals surface area contributed by atoms with E-state index in [1.165, 1.54) is 0 Å². The summed E-state index contributed by atoms with van der Waals surface area (Å²) in [4.78, 5) is 12.3. The molecule has 4 heteroatoms. The molecule has 1 heterocycles. The molecule has 0 aromatic carbocycles. The topological polar surface area (TPSA) is 72.3 Å². The number of nitrogens with two attached hydrogens (primary N) is 2. The van der Waals surface area contributed by atoms with Gasteiger partial charge in [0, 0.05) is 20.0 Å². The lowest BCUT2D eigenvalue weighted by Gasteiger charge is -2.03. The van der Waals surface area contributed by atoms with E-state index in [1.54, 1.807) is 4.90 Å². The molecule has 0 aromatic heterocycles. The van der Waals surface area contributed by atoms with Gasteiger partial charge in [-0.1, -0.05) is 0 Å². The number of hydrogen-bond acceptors (Lipinski definition) is 3. The summed E-state index contributed by atoms with van der Waals surface area (Å²) in [5.41, 5.74) is 0. The molecule has 0 atom stereocenters. The highest BCUT2D eigenvalue weighted by atomic mass is 16.2. The first-order chi connectivity index (χ1) is 4.30. The fourth-order valence-electron chi connectivity index (χ4n) is 0.783. The lowest BCUT2D eigenvalue weighted by Crippen LogP contribution is -2.17. The minimum atomic E-state index is 0.292. The van der Waals surface area contributed by atoms with Crippen molar-refractivity contribution in [3.8, 4) is 0 Å². The second kappa shape index (κ2) is 4.29. The highest BCUT2D eigenvalue weighted by molar-refractivity contribution is 5.77. The lowest BCUT2D eigenvalue weighted by molar-refractivity contribution is -0.126. The van der Waals surface area contributed by atoms with Gasteiger partial charge < -0.3 is 4.90 Å². The highest BCUT2D eigenvalue weighted by Gasteiger charge is 2.14. The van der Waals surface area contributed by atoms with Crippen LogP contribution in [0.3, 0.4) is 0 Å². The normalized spacial score (nSPS) is 17.2. The molecule has 0 saturated carbocycles. The zero-order valence-electron chi connectivity index (χ0n) is 5.63. The van der Waals surface area contributed by atoms with Gasteiger partial charge in [-0.3, -0.25) is 16.5 Å². The summed E-state index contributed by atoms with van der Waals surface area (Å²) in [5, 5.41) is 0. The van der Waals surface area contributed by atoms with E-state index >= 15 is 0 Å². The van der Waals surface area contributed by atoms with Crippen LogP contribution in [0, 0.1) is 0 Å². The number of rotatable bonds is 0. The Labute approximate surface area is 54.8 Å². The summed E-state index contributed by atoms with van der Waals surface area (Å²) >= 11 is 0. The molecule has 1 saturated heterocycles. The van der Waals surface area contributed by atoms with Crippen LogP contribution in [0.1, 0.15) is 12.8 Å². The average molecular weight is 131 g/mol. The van der Waals surface area contributed by atoms with Gasteiger partial charge in [0.05, 0.1) is 0 Å². The smallest absolute Gasteiger partial charge is 0.222 e. The summed E-state index contributed by atoms with van der Waals surface area (Å²) in [6, 6.07) is 0. The molecule has 4 N–H and O–H groups in total. The summed E-state index contributed by atoms with van der Waals surface area (Å²) in [7, 11) is 1.84. The maximum Gasteiger partial charge on any atom is 0.222 e. The van der Waals surface area contributed by atoms with Crippen molar-refractivity contribution in [2.75, 3.05) is 13.6 Å². The van der Waals surface area contributed by atoms with Crippen LogP contribution in [0.15, 0.2) is 0 Å². The van der Waals surface area contributed by atoms with Gasteiger partial charge in [0.25, 0.3) is 0 Å². The lowest BCUT2D eigenvalue weighted by atomic mass is 10.4. The van der Waals surface area contributed by atoms with E-state index in [2.05, 4.69) is 11.7 Å². The predicted molar refractivity (Wildman–Crippen MR) is 35.2 cm³/mol. The van der Waals surface area contributed by atoms with Crippen LogP contribution in [0.2, 0.25) is 0 Å². The molecule has 1 fully saturated rings. The van der Waals surface area contributed by atoms with Crippen molar-refractivity contribution in [2.45, 2.75) is 12.8 Å². The average Bonchev–Trinajstić information content (AvgIpc) is 2.23. The Hall–Kier alpha value is -0.610. The van der Waals surface area contributed by atoms with E-state index in [-0.39, 0.29) is 0 Å². The summed E-state index contributed by atoms with van der Waals surface area (Å²) < 4.78 is 0. The van der Waals surface area contributed by atoms with E-state index in [0.717, 1.165) is 19.4 Å². The Balaban J connectivity index is 0.000000291. The Morgan fingerprint density at radius 1 is 1.56 bits per heavy atom. The number of likely N-dealkylation sites (tertiary alicyclic amines) is 1. The third-order valence-corrected chi connectivity index (χ3v) is 1.31.